The number of nitrogens with zero attached hydrogens (tertiary/aromatic N) is 1. The van der Waals surface area contributed by atoms with Crippen molar-refractivity contribution in [1.29, 1.82) is 0 Å². The molecule has 1 aromatic carbocycles. The Morgan fingerprint density at radius 2 is 2.05 bits per heavy atom. The van der Waals surface area contributed by atoms with Crippen LogP contribution in [0.1, 0.15) is 15.9 Å². The van der Waals surface area contributed by atoms with Crippen LogP contribution in [0.4, 0.5) is 10.2 Å². The van der Waals surface area contributed by atoms with Gasteiger partial charge in [-0.05, 0) is 68.6 Å². The van der Waals surface area contributed by atoms with E-state index >= 15 is 0 Å². The van der Waals surface area contributed by atoms with Gasteiger partial charge in [0.2, 0.25) is 0 Å². The van der Waals surface area contributed by atoms with Crippen LogP contribution >= 0.6 is 31.9 Å². The zero-order valence-electron chi connectivity index (χ0n) is 9.88. The van der Waals surface area contributed by atoms with E-state index in [2.05, 4.69) is 42.2 Å². The molecule has 0 aliphatic heterocycles. The van der Waals surface area contributed by atoms with Gasteiger partial charge in [-0.2, -0.15) is 0 Å². The maximum absolute atomic E-state index is 13.2. The molecule has 0 spiro atoms. The summed E-state index contributed by atoms with van der Waals surface area (Å²) >= 11 is 6.52. The third-order valence-corrected chi connectivity index (χ3v) is 3.58. The number of halogens is 3. The number of aromatic nitrogens is 1. The molecule has 2 aromatic rings. The van der Waals surface area contributed by atoms with Crippen LogP contribution in [0, 0.1) is 12.7 Å². The first-order valence-corrected chi connectivity index (χ1v) is 6.94. The molecule has 1 amide bonds. The minimum absolute atomic E-state index is 0.226. The van der Waals surface area contributed by atoms with Gasteiger partial charge in [-0.25, -0.2) is 9.37 Å². The lowest BCUT2D eigenvalue weighted by molar-refractivity contribution is 0.102. The summed E-state index contributed by atoms with van der Waals surface area (Å²) < 4.78 is 14.5. The lowest BCUT2D eigenvalue weighted by Gasteiger charge is -2.08. The van der Waals surface area contributed by atoms with Crippen molar-refractivity contribution >= 4 is 43.6 Å². The third kappa shape index (κ3) is 3.39. The number of hydrogen-bond acceptors (Lipinski definition) is 2. The van der Waals surface area contributed by atoms with Crippen molar-refractivity contribution in [2.75, 3.05) is 5.32 Å². The fourth-order valence-corrected chi connectivity index (χ4v) is 2.39. The fourth-order valence-electron chi connectivity index (χ4n) is 1.52. The lowest BCUT2D eigenvalue weighted by Crippen LogP contribution is -2.14. The molecule has 1 aromatic heterocycles. The van der Waals surface area contributed by atoms with E-state index in [0.717, 1.165) is 10.0 Å². The molecular formula is C13H9Br2FN2O. The predicted octanol–water partition coefficient (Wildman–Crippen LogP) is 4.31. The number of nitrogens with one attached hydrogen (secondary N) is 1. The van der Waals surface area contributed by atoms with Gasteiger partial charge in [-0.15, -0.1) is 0 Å². The lowest BCUT2D eigenvalue weighted by atomic mass is 10.2. The third-order valence-electron chi connectivity index (χ3n) is 2.45. The number of carbonyl (C=O) groups is 1. The van der Waals surface area contributed by atoms with Crippen LogP contribution in [0.3, 0.4) is 0 Å². The molecule has 0 aliphatic carbocycles. The van der Waals surface area contributed by atoms with Gasteiger partial charge in [-0.1, -0.05) is 0 Å². The van der Waals surface area contributed by atoms with Gasteiger partial charge in [0.15, 0.2) is 0 Å². The Morgan fingerprint density at radius 1 is 1.32 bits per heavy atom. The average Bonchev–Trinajstić information content (AvgIpc) is 2.35. The molecule has 0 saturated heterocycles. The Hall–Kier alpha value is -1.27. The molecule has 0 unspecified atom stereocenters. The normalized spacial score (nSPS) is 10.3. The number of benzene rings is 1. The maximum Gasteiger partial charge on any atom is 0.258 e. The second-order valence-corrected chi connectivity index (χ2v) is 5.67. The summed E-state index contributed by atoms with van der Waals surface area (Å²) in [6, 6.07) is 5.78. The van der Waals surface area contributed by atoms with Gasteiger partial charge in [0.1, 0.15) is 11.6 Å². The average molecular weight is 388 g/mol. The first-order valence-electron chi connectivity index (χ1n) is 5.36. The van der Waals surface area contributed by atoms with Crippen LogP contribution in [-0.4, -0.2) is 10.9 Å². The number of carbonyl (C=O) groups excluding carboxylic acids is 1. The smallest absolute Gasteiger partial charge is 0.258 e. The minimum atomic E-state index is -0.464. The van der Waals surface area contributed by atoms with E-state index in [1.807, 2.05) is 13.0 Å². The Bertz CT molecular complexity index is 647. The van der Waals surface area contributed by atoms with Crippen LogP contribution in [0.5, 0.6) is 0 Å². The summed E-state index contributed by atoms with van der Waals surface area (Å²) in [7, 11) is 0. The Balaban J connectivity index is 2.28. The van der Waals surface area contributed by atoms with Crippen LogP contribution in [0.25, 0.3) is 0 Å². The molecule has 98 valence electrons. The summed E-state index contributed by atoms with van der Waals surface area (Å²) in [5, 5.41) is 2.65. The molecule has 1 N–H and O–H groups in total. The highest BCUT2D eigenvalue weighted by Gasteiger charge is 2.13. The molecular weight excluding hydrogens is 379 g/mol. The molecule has 0 bridgehead atoms. The molecule has 2 rings (SSSR count). The molecule has 19 heavy (non-hydrogen) atoms. The first-order chi connectivity index (χ1) is 8.97. The van der Waals surface area contributed by atoms with E-state index in [4.69, 9.17) is 0 Å². The standard InChI is InChI=1S/C13H9Br2FN2O/c1-7-4-8(14)6-17-12(7)18-13(19)10-5-9(16)2-3-11(10)15/h2-6H,1H3,(H,17,18,19). The van der Waals surface area contributed by atoms with Gasteiger partial charge in [0, 0.05) is 15.1 Å². The number of amides is 1. The van der Waals surface area contributed by atoms with Gasteiger partial charge < -0.3 is 5.32 Å². The van der Waals surface area contributed by atoms with Crippen LogP contribution in [0.2, 0.25) is 0 Å². The van der Waals surface area contributed by atoms with E-state index in [1.165, 1.54) is 18.2 Å². The Labute approximate surface area is 126 Å². The van der Waals surface area contributed by atoms with E-state index in [9.17, 15) is 9.18 Å². The summed E-state index contributed by atoms with van der Waals surface area (Å²) in [6.45, 7) is 1.83. The molecule has 6 heteroatoms. The monoisotopic (exact) mass is 386 g/mol. The Morgan fingerprint density at radius 3 is 2.74 bits per heavy atom. The summed E-state index contributed by atoms with van der Waals surface area (Å²) in [5.74, 6) is -0.428. The first kappa shape index (κ1) is 14.1. The second-order valence-electron chi connectivity index (χ2n) is 3.90. The van der Waals surface area contributed by atoms with Crippen molar-refractivity contribution in [3.05, 3.63) is 56.4 Å². The summed E-state index contributed by atoms with van der Waals surface area (Å²) in [4.78, 5) is 16.2. The van der Waals surface area contributed by atoms with E-state index in [0.29, 0.717) is 10.3 Å². The summed E-state index contributed by atoms with van der Waals surface area (Å²) in [5.41, 5.74) is 1.04. The van der Waals surface area contributed by atoms with Crippen molar-refractivity contribution in [3.8, 4) is 0 Å². The maximum atomic E-state index is 13.2. The highest BCUT2D eigenvalue weighted by atomic mass is 79.9. The highest BCUT2D eigenvalue weighted by Crippen LogP contribution is 2.21. The van der Waals surface area contributed by atoms with Crippen LogP contribution in [-0.2, 0) is 0 Å². The van der Waals surface area contributed by atoms with Gasteiger partial charge >= 0.3 is 0 Å². The Kier molecular flexibility index (Phi) is 4.31. The molecule has 0 atom stereocenters. The molecule has 0 fully saturated rings. The van der Waals surface area contributed by atoms with Crippen LogP contribution < -0.4 is 5.32 Å². The molecule has 0 radical (unpaired) electrons. The predicted molar refractivity (Wildman–Crippen MR) is 78.7 cm³/mol. The van der Waals surface area contributed by atoms with Crippen molar-refractivity contribution < 1.29 is 9.18 Å². The number of rotatable bonds is 2. The number of hydrogen-bond donors (Lipinski definition) is 1. The summed E-state index contributed by atoms with van der Waals surface area (Å²) in [6.07, 6.45) is 1.59. The van der Waals surface area contributed by atoms with Gasteiger partial charge in [0.05, 0.1) is 5.56 Å². The van der Waals surface area contributed by atoms with E-state index in [-0.39, 0.29) is 5.56 Å². The topological polar surface area (TPSA) is 42.0 Å². The molecule has 1 heterocycles. The van der Waals surface area contributed by atoms with Crippen molar-refractivity contribution in [3.63, 3.8) is 0 Å². The van der Waals surface area contributed by atoms with Crippen molar-refractivity contribution in [1.82, 2.24) is 4.98 Å². The van der Waals surface area contributed by atoms with Crippen molar-refractivity contribution in [2.45, 2.75) is 6.92 Å². The fraction of sp³-hybridized carbons (Fsp3) is 0.0769. The number of aryl methyl sites for hydroxylation is 1. The van der Waals surface area contributed by atoms with Gasteiger partial charge in [-0.3, -0.25) is 4.79 Å². The largest absolute Gasteiger partial charge is 0.306 e. The molecule has 0 aliphatic rings. The SMILES string of the molecule is Cc1cc(Br)cnc1NC(=O)c1cc(F)ccc1Br. The van der Waals surface area contributed by atoms with Crippen LogP contribution in [0.15, 0.2) is 39.4 Å². The quantitative estimate of drug-likeness (QED) is 0.834. The second kappa shape index (κ2) is 5.79. The zero-order valence-corrected chi connectivity index (χ0v) is 13.0. The number of anilines is 1. The van der Waals surface area contributed by atoms with E-state index in [1.54, 1.807) is 6.20 Å². The van der Waals surface area contributed by atoms with E-state index < -0.39 is 11.7 Å². The molecule has 3 nitrogen and oxygen atoms in total. The zero-order chi connectivity index (χ0) is 14.0. The number of pyridine rings is 1. The van der Waals surface area contributed by atoms with Gasteiger partial charge in [0.25, 0.3) is 5.91 Å². The highest BCUT2D eigenvalue weighted by molar-refractivity contribution is 9.10. The molecule has 0 saturated carbocycles. The minimum Gasteiger partial charge on any atom is -0.306 e. The van der Waals surface area contributed by atoms with Crippen molar-refractivity contribution in [2.24, 2.45) is 0 Å².